The van der Waals surface area contributed by atoms with E-state index < -0.39 is 4.92 Å². The third-order valence-corrected chi connectivity index (χ3v) is 4.31. The number of nitrogens with zero attached hydrogens (tertiary/aromatic N) is 4. The number of benzene rings is 3. The maximum atomic E-state index is 11.2. The van der Waals surface area contributed by atoms with E-state index in [-0.39, 0.29) is 12.3 Å². The molecule has 27 heavy (non-hydrogen) atoms. The molecule has 0 amide bonds. The Morgan fingerprint density at radius 3 is 2.33 bits per heavy atom. The quantitative estimate of drug-likeness (QED) is 0.363. The molecule has 0 atom stereocenters. The number of aliphatic hydroxyl groups is 1. The molecule has 0 aliphatic carbocycles. The van der Waals surface area contributed by atoms with Crippen LogP contribution in [0.15, 0.2) is 70.9 Å². The summed E-state index contributed by atoms with van der Waals surface area (Å²) in [6, 6.07) is 17.7. The van der Waals surface area contributed by atoms with E-state index in [9.17, 15) is 10.1 Å². The van der Waals surface area contributed by atoms with Gasteiger partial charge in [-0.3, -0.25) is 10.1 Å². The monoisotopic (exact) mass is 364 g/mol. The molecule has 0 saturated heterocycles. The molecule has 3 rings (SSSR count). The van der Waals surface area contributed by atoms with E-state index >= 15 is 0 Å². The third-order valence-electron chi connectivity index (χ3n) is 4.31. The number of rotatable bonds is 7. The zero-order chi connectivity index (χ0) is 19.2. The highest BCUT2D eigenvalue weighted by Gasteiger charge is 2.13. The molecular weight excluding hydrogens is 344 g/mol. The second kappa shape index (κ2) is 8.37. The molecule has 0 saturated carbocycles. The molecule has 138 valence electrons. The van der Waals surface area contributed by atoms with Gasteiger partial charge in [-0.05, 0) is 43.3 Å². The van der Waals surface area contributed by atoms with Crippen LogP contribution < -0.4 is 4.90 Å². The van der Waals surface area contributed by atoms with Crippen LogP contribution in [0.5, 0.6) is 0 Å². The van der Waals surface area contributed by atoms with Crippen molar-refractivity contribution in [2.45, 2.75) is 6.92 Å². The van der Waals surface area contributed by atoms with Gasteiger partial charge in [-0.25, -0.2) is 0 Å². The molecule has 0 fully saturated rings. The highest BCUT2D eigenvalue weighted by molar-refractivity contribution is 5.98. The van der Waals surface area contributed by atoms with Crippen molar-refractivity contribution in [2.75, 3.05) is 24.6 Å². The molecule has 0 heterocycles. The van der Waals surface area contributed by atoms with Crippen LogP contribution in [0.4, 0.5) is 22.7 Å². The van der Waals surface area contributed by atoms with Gasteiger partial charge in [-0.2, -0.15) is 5.11 Å². The standard InChI is InChI=1S/C20H20N4O3/c1-2-23(13-14-25)16-9-7-15(8-10-16)21-22-19-11-12-20(24(26)27)18-6-4-3-5-17(18)19/h3-12,25H,2,13-14H2,1H3/b22-21+. The fourth-order valence-corrected chi connectivity index (χ4v) is 2.95. The molecule has 0 spiro atoms. The van der Waals surface area contributed by atoms with Crippen molar-refractivity contribution in [3.05, 3.63) is 70.8 Å². The maximum Gasteiger partial charge on any atom is 0.277 e. The van der Waals surface area contributed by atoms with Gasteiger partial charge in [0.1, 0.15) is 0 Å². The summed E-state index contributed by atoms with van der Waals surface area (Å²) in [6.45, 7) is 3.51. The molecule has 3 aromatic rings. The number of nitro groups is 1. The van der Waals surface area contributed by atoms with Crippen molar-refractivity contribution < 1.29 is 10.0 Å². The Kier molecular flexibility index (Phi) is 5.73. The molecule has 0 radical (unpaired) electrons. The SMILES string of the molecule is CCN(CCO)c1ccc(/N=N/c2ccc([N+](=O)[O-])c3ccccc23)cc1. The normalized spacial score (nSPS) is 11.2. The van der Waals surface area contributed by atoms with Crippen molar-refractivity contribution in [3.63, 3.8) is 0 Å². The van der Waals surface area contributed by atoms with E-state index in [0.29, 0.717) is 28.7 Å². The lowest BCUT2D eigenvalue weighted by Crippen LogP contribution is -2.25. The van der Waals surface area contributed by atoms with Gasteiger partial charge in [0, 0.05) is 30.2 Å². The summed E-state index contributed by atoms with van der Waals surface area (Å²) in [4.78, 5) is 12.9. The summed E-state index contributed by atoms with van der Waals surface area (Å²) < 4.78 is 0. The van der Waals surface area contributed by atoms with Gasteiger partial charge < -0.3 is 10.0 Å². The van der Waals surface area contributed by atoms with Crippen LogP contribution in [0, 0.1) is 10.1 Å². The Morgan fingerprint density at radius 2 is 1.70 bits per heavy atom. The van der Waals surface area contributed by atoms with E-state index in [4.69, 9.17) is 5.11 Å². The predicted octanol–water partition coefficient (Wildman–Crippen LogP) is 4.98. The van der Waals surface area contributed by atoms with Crippen LogP contribution in [0.3, 0.4) is 0 Å². The number of likely N-dealkylation sites (N-methyl/N-ethyl adjacent to an activating group) is 1. The summed E-state index contributed by atoms with van der Waals surface area (Å²) >= 11 is 0. The minimum Gasteiger partial charge on any atom is -0.395 e. The first-order valence-electron chi connectivity index (χ1n) is 8.67. The van der Waals surface area contributed by atoms with Crippen LogP contribution in [0.1, 0.15) is 6.92 Å². The molecule has 0 aromatic heterocycles. The van der Waals surface area contributed by atoms with Crippen LogP contribution in [-0.2, 0) is 0 Å². The summed E-state index contributed by atoms with van der Waals surface area (Å²) in [5.41, 5.74) is 2.32. The number of non-ortho nitro benzene ring substituents is 1. The van der Waals surface area contributed by atoms with Crippen LogP contribution >= 0.6 is 0 Å². The fraction of sp³-hybridized carbons (Fsp3) is 0.200. The van der Waals surface area contributed by atoms with Crippen molar-refractivity contribution in [1.82, 2.24) is 0 Å². The Hall–Kier alpha value is -3.32. The smallest absolute Gasteiger partial charge is 0.277 e. The topological polar surface area (TPSA) is 91.3 Å². The van der Waals surface area contributed by atoms with Crippen LogP contribution in [-0.4, -0.2) is 29.7 Å². The number of anilines is 1. The minimum absolute atomic E-state index is 0.0532. The van der Waals surface area contributed by atoms with E-state index in [1.165, 1.54) is 6.07 Å². The molecule has 0 unspecified atom stereocenters. The minimum atomic E-state index is -0.395. The van der Waals surface area contributed by atoms with E-state index in [1.54, 1.807) is 24.3 Å². The molecule has 1 N–H and O–H groups in total. The van der Waals surface area contributed by atoms with Gasteiger partial charge in [0.05, 0.1) is 28.3 Å². The zero-order valence-corrected chi connectivity index (χ0v) is 14.9. The summed E-state index contributed by atoms with van der Waals surface area (Å²) in [7, 11) is 0. The van der Waals surface area contributed by atoms with Crippen LogP contribution in [0.2, 0.25) is 0 Å². The lowest BCUT2D eigenvalue weighted by molar-refractivity contribution is -0.383. The molecule has 7 nitrogen and oxygen atoms in total. The number of fused-ring (bicyclic) bond motifs is 1. The maximum absolute atomic E-state index is 11.2. The second-order valence-corrected chi connectivity index (χ2v) is 5.93. The third kappa shape index (κ3) is 4.09. The average molecular weight is 364 g/mol. The van der Waals surface area contributed by atoms with Crippen molar-refractivity contribution in [2.24, 2.45) is 10.2 Å². The summed E-state index contributed by atoms with van der Waals surface area (Å²) in [5, 5.41) is 30.1. The van der Waals surface area contributed by atoms with Crippen molar-refractivity contribution >= 4 is 33.5 Å². The molecule has 0 aliphatic rings. The van der Waals surface area contributed by atoms with E-state index in [2.05, 4.69) is 15.1 Å². The van der Waals surface area contributed by atoms with Gasteiger partial charge in [0.25, 0.3) is 5.69 Å². The summed E-state index contributed by atoms with van der Waals surface area (Å²) in [5.74, 6) is 0. The molecule has 0 aliphatic heterocycles. The summed E-state index contributed by atoms with van der Waals surface area (Å²) in [6.07, 6.45) is 0. The number of azo groups is 1. The molecule has 0 bridgehead atoms. The van der Waals surface area contributed by atoms with Crippen LogP contribution in [0.25, 0.3) is 10.8 Å². The van der Waals surface area contributed by atoms with E-state index in [1.807, 2.05) is 37.3 Å². The molecular formula is C20H20N4O3. The largest absolute Gasteiger partial charge is 0.395 e. The highest BCUT2D eigenvalue weighted by Crippen LogP contribution is 2.34. The lowest BCUT2D eigenvalue weighted by Gasteiger charge is -2.21. The predicted molar refractivity (Wildman–Crippen MR) is 106 cm³/mol. The Bertz CT molecular complexity index is 971. The Labute approximate surface area is 156 Å². The van der Waals surface area contributed by atoms with E-state index in [0.717, 1.165) is 12.2 Å². The number of aliphatic hydroxyl groups excluding tert-OH is 1. The first kappa shape index (κ1) is 18.5. The average Bonchev–Trinajstić information content (AvgIpc) is 2.70. The fourth-order valence-electron chi connectivity index (χ4n) is 2.95. The van der Waals surface area contributed by atoms with Crippen molar-refractivity contribution in [1.29, 1.82) is 0 Å². The Morgan fingerprint density at radius 1 is 1.00 bits per heavy atom. The molecule has 7 heteroatoms. The lowest BCUT2D eigenvalue weighted by atomic mass is 10.1. The Balaban J connectivity index is 1.88. The number of hydrogen-bond donors (Lipinski definition) is 1. The van der Waals surface area contributed by atoms with Gasteiger partial charge in [0.2, 0.25) is 0 Å². The van der Waals surface area contributed by atoms with Gasteiger partial charge in [-0.15, -0.1) is 5.11 Å². The molecule has 3 aromatic carbocycles. The first-order valence-corrected chi connectivity index (χ1v) is 8.67. The number of hydrogen-bond acceptors (Lipinski definition) is 6. The highest BCUT2D eigenvalue weighted by atomic mass is 16.6. The number of nitro benzene ring substituents is 1. The van der Waals surface area contributed by atoms with Crippen molar-refractivity contribution in [3.8, 4) is 0 Å². The second-order valence-electron chi connectivity index (χ2n) is 5.93. The first-order chi connectivity index (χ1) is 13.1. The zero-order valence-electron chi connectivity index (χ0n) is 14.9. The van der Waals surface area contributed by atoms with Gasteiger partial charge >= 0.3 is 0 Å². The van der Waals surface area contributed by atoms with Gasteiger partial charge in [0.15, 0.2) is 0 Å². The van der Waals surface area contributed by atoms with Gasteiger partial charge in [-0.1, -0.05) is 18.2 Å².